The molecule has 0 aliphatic rings. The van der Waals surface area contributed by atoms with Crippen LogP contribution >= 0.6 is 0 Å². The van der Waals surface area contributed by atoms with Crippen molar-refractivity contribution >= 4 is 18.7 Å². The molecule has 0 fully saturated rings. The first-order valence-corrected chi connectivity index (χ1v) is 22.1. The molecule has 0 aromatic carbocycles. The minimum absolute atomic E-state index is 0.0486. The van der Waals surface area contributed by atoms with Crippen LogP contribution in [-0.2, 0) is 19.1 Å². The van der Waals surface area contributed by atoms with Gasteiger partial charge < -0.3 is 19.3 Å². The van der Waals surface area contributed by atoms with Crippen LogP contribution in [0.15, 0.2) is 41.7 Å². The second-order valence-electron chi connectivity index (χ2n) is 14.4. The van der Waals surface area contributed by atoms with Crippen LogP contribution in [0.3, 0.4) is 0 Å². The van der Waals surface area contributed by atoms with Crippen LogP contribution in [0, 0.1) is 0 Å². The van der Waals surface area contributed by atoms with Crippen molar-refractivity contribution in [2.75, 3.05) is 45.9 Å². The topological polar surface area (TPSA) is 71.4 Å². The van der Waals surface area contributed by atoms with Gasteiger partial charge in [-0.3, -0.25) is 14.6 Å². The van der Waals surface area contributed by atoms with Crippen molar-refractivity contribution in [2.24, 2.45) is 4.99 Å². The maximum atomic E-state index is 12.0. The highest BCUT2D eigenvalue weighted by Gasteiger charge is 2.07. The first kappa shape index (κ1) is 52.7. The number of allylic oxidation sites excluding steroid dienone is 2. The molecule has 0 saturated heterocycles. The van der Waals surface area contributed by atoms with E-state index in [0.29, 0.717) is 19.6 Å². The first-order valence-electron chi connectivity index (χ1n) is 22.1. The summed E-state index contributed by atoms with van der Waals surface area (Å²) in [4.78, 5) is 31.2. The van der Waals surface area contributed by atoms with Gasteiger partial charge in [-0.2, -0.15) is 0 Å². The summed E-state index contributed by atoms with van der Waals surface area (Å²) in [5.41, 5.74) is 0. The molecular weight excluding hydrogens is 659 g/mol. The van der Waals surface area contributed by atoms with Crippen molar-refractivity contribution < 1.29 is 19.1 Å². The average Bonchev–Trinajstić information content (AvgIpc) is 3.15. The fourth-order valence-electron chi connectivity index (χ4n) is 6.02. The van der Waals surface area contributed by atoms with Crippen LogP contribution in [0.2, 0.25) is 0 Å². The Morgan fingerprint density at radius 1 is 0.566 bits per heavy atom. The molecule has 310 valence electrons. The molecule has 0 atom stereocenters. The summed E-state index contributed by atoms with van der Waals surface area (Å²) in [7, 11) is 0. The van der Waals surface area contributed by atoms with Gasteiger partial charge >= 0.3 is 11.9 Å². The molecule has 0 aliphatic heterocycles. The van der Waals surface area contributed by atoms with E-state index in [1.165, 1.54) is 149 Å². The highest BCUT2D eigenvalue weighted by molar-refractivity contribution is 5.69. The number of carbonyl (C=O) groups excluding carboxylic acids is 2. The molecule has 53 heavy (non-hydrogen) atoms. The number of hydrogen-bond donors (Lipinski definition) is 0. The number of nitrogens with zero attached hydrogens (tertiary/aromatic N) is 3. The van der Waals surface area contributed by atoms with Crippen molar-refractivity contribution in [3.8, 4) is 0 Å². The summed E-state index contributed by atoms with van der Waals surface area (Å²) >= 11 is 0. The molecular formula is C46H87N3O4. The molecule has 0 N–H and O–H groups in total. The quantitative estimate of drug-likeness (QED) is 0.0271. The van der Waals surface area contributed by atoms with E-state index in [-0.39, 0.29) is 11.9 Å². The van der Waals surface area contributed by atoms with Crippen molar-refractivity contribution in [1.82, 2.24) is 9.80 Å². The highest BCUT2D eigenvalue weighted by Crippen LogP contribution is 2.11. The molecule has 0 aromatic rings. The van der Waals surface area contributed by atoms with E-state index in [9.17, 15) is 9.59 Å². The normalized spacial score (nSPS) is 11.4. The first-order chi connectivity index (χ1) is 25.9. The van der Waals surface area contributed by atoms with Gasteiger partial charge in [0.25, 0.3) is 0 Å². The molecule has 0 saturated carbocycles. The van der Waals surface area contributed by atoms with E-state index in [1.807, 2.05) is 12.3 Å². The number of ether oxygens (including phenoxy) is 2. The van der Waals surface area contributed by atoms with Crippen LogP contribution < -0.4 is 0 Å². The minimum Gasteiger partial charge on any atom is -0.466 e. The average molecular weight is 746 g/mol. The van der Waals surface area contributed by atoms with Crippen LogP contribution in [-0.4, -0.2) is 74.4 Å². The zero-order valence-electron chi connectivity index (χ0n) is 35.8. The van der Waals surface area contributed by atoms with Gasteiger partial charge in [-0.25, -0.2) is 0 Å². The van der Waals surface area contributed by atoms with E-state index in [1.54, 1.807) is 6.20 Å². The molecule has 0 aromatic heterocycles. The number of esters is 2. The van der Waals surface area contributed by atoms with Crippen LogP contribution in [0.5, 0.6) is 0 Å². The van der Waals surface area contributed by atoms with Gasteiger partial charge in [0.15, 0.2) is 0 Å². The summed E-state index contributed by atoms with van der Waals surface area (Å²) in [6.07, 6.45) is 42.7. The fraction of sp³-hybridized carbons (Fsp3) is 0.804. The SMILES string of the molecule is C=N/C=C\N(CC)CCCN(CCCCCCCC)CCCCCCCC(=O)OC/C=C\CCCCCCC.CCCCCC/C=C\CCOC(C)=O. The summed E-state index contributed by atoms with van der Waals surface area (Å²) in [6, 6.07) is 0. The van der Waals surface area contributed by atoms with E-state index in [0.717, 1.165) is 45.2 Å². The second-order valence-corrected chi connectivity index (χ2v) is 14.4. The van der Waals surface area contributed by atoms with Crippen molar-refractivity contribution in [3.05, 3.63) is 36.7 Å². The van der Waals surface area contributed by atoms with Gasteiger partial charge in [-0.05, 0) is 91.1 Å². The Labute approximate surface area is 329 Å². The zero-order valence-corrected chi connectivity index (χ0v) is 35.8. The predicted molar refractivity (Wildman–Crippen MR) is 231 cm³/mol. The predicted octanol–water partition coefficient (Wildman–Crippen LogP) is 12.8. The summed E-state index contributed by atoms with van der Waals surface area (Å²) in [6.45, 7) is 20.5. The molecule has 0 aliphatic carbocycles. The Morgan fingerprint density at radius 2 is 1.06 bits per heavy atom. The number of carbonyl (C=O) groups is 2. The third kappa shape index (κ3) is 45.7. The third-order valence-electron chi connectivity index (χ3n) is 9.35. The van der Waals surface area contributed by atoms with E-state index in [4.69, 9.17) is 9.47 Å². The number of hydrogen-bond acceptors (Lipinski definition) is 7. The van der Waals surface area contributed by atoms with E-state index >= 15 is 0 Å². The lowest BCUT2D eigenvalue weighted by Crippen LogP contribution is -2.30. The Bertz CT molecular complexity index is 873. The molecule has 0 amide bonds. The van der Waals surface area contributed by atoms with E-state index in [2.05, 4.69) is 67.4 Å². The van der Waals surface area contributed by atoms with Crippen molar-refractivity contribution in [3.63, 3.8) is 0 Å². The van der Waals surface area contributed by atoms with Gasteiger partial charge in [0, 0.05) is 38.8 Å². The highest BCUT2D eigenvalue weighted by atomic mass is 16.5. The monoisotopic (exact) mass is 746 g/mol. The maximum Gasteiger partial charge on any atom is 0.306 e. The smallest absolute Gasteiger partial charge is 0.306 e. The van der Waals surface area contributed by atoms with Gasteiger partial charge in [-0.1, -0.05) is 141 Å². The second kappa shape index (κ2) is 45.7. The maximum absolute atomic E-state index is 12.0. The Morgan fingerprint density at radius 3 is 1.62 bits per heavy atom. The molecule has 0 bridgehead atoms. The summed E-state index contributed by atoms with van der Waals surface area (Å²) < 4.78 is 10.1. The van der Waals surface area contributed by atoms with Gasteiger partial charge in [-0.15, -0.1) is 0 Å². The fourth-order valence-corrected chi connectivity index (χ4v) is 6.02. The Kier molecular flexibility index (Phi) is 45.5. The molecule has 7 heteroatoms. The molecule has 0 radical (unpaired) electrons. The molecule has 0 heterocycles. The molecule has 7 nitrogen and oxygen atoms in total. The van der Waals surface area contributed by atoms with Crippen LogP contribution in [0.25, 0.3) is 0 Å². The zero-order chi connectivity index (χ0) is 39.3. The lowest BCUT2D eigenvalue weighted by Gasteiger charge is -2.24. The standard InChI is InChI=1S/C34H65N3O2.C12H22O2/c1-5-8-10-12-14-15-20-24-33-39-34(38)26-21-17-16-19-23-29-37(28-22-18-13-11-9-6-2)31-25-30-36(7-3)32-27-35-4;1-3-4-5-6-7-8-9-10-11-14-12(2)13/h20,24,27,32H,4-19,21-23,25-26,28-31,33H2,1-3H3;8-9H,3-7,10-11H2,1-2H3/b24-20-,32-27-;9-8-. The Balaban J connectivity index is 0. The molecule has 0 spiro atoms. The molecule has 0 rings (SSSR count). The third-order valence-corrected chi connectivity index (χ3v) is 9.35. The summed E-state index contributed by atoms with van der Waals surface area (Å²) in [5.74, 6) is -0.242. The van der Waals surface area contributed by atoms with Gasteiger partial charge in [0.05, 0.1) is 6.61 Å². The minimum atomic E-state index is -0.193. The lowest BCUT2D eigenvalue weighted by molar-refractivity contribution is -0.142. The molecule has 0 unspecified atom stereocenters. The number of rotatable bonds is 38. The number of unbranched alkanes of at least 4 members (excludes halogenated alkanes) is 18. The number of aliphatic imine (C=N–C) groups is 1. The Hall–Kier alpha value is -2.41. The van der Waals surface area contributed by atoms with E-state index < -0.39 is 0 Å². The largest absolute Gasteiger partial charge is 0.466 e. The van der Waals surface area contributed by atoms with Crippen molar-refractivity contribution in [1.29, 1.82) is 0 Å². The lowest BCUT2D eigenvalue weighted by atomic mass is 10.1. The van der Waals surface area contributed by atoms with Gasteiger partial charge in [0.1, 0.15) is 6.61 Å². The van der Waals surface area contributed by atoms with Gasteiger partial charge in [0.2, 0.25) is 0 Å². The van der Waals surface area contributed by atoms with Crippen LogP contribution in [0.4, 0.5) is 0 Å². The van der Waals surface area contributed by atoms with Crippen LogP contribution in [0.1, 0.15) is 195 Å². The summed E-state index contributed by atoms with van der Waals surface area (Å²) in [5, 5.41) is 0. The van der Waals surface area contributed by atoms with Crippen molar-refractivity contribution in [2.45, 2.75) is 195 Å².